The molecule has 0 amide bonds. The number of carboxylic acids is 1. The molecule has 2 aromatic heterocycles. The molecule has 4 rings (SSSR count). The highest BCUT2D eigenvalue weighted by molar-refractivity contribution is 7.99. The standard InChI is InChI=1S/C19H18N2O3S2/c1-11-7-8-13-14(9-11)26-17-16(13)18(24)21(12-5-3-2-4-6-12)19(20-17)25-10-15(22)23/h2-6,11H,7-10H2,1H3,(H,22,23)/p-1/t11-/m0/s1. The van der Waals surface area contributed by atoms with Gasteiger partial charge in [0.2, 0.25) is 0 Å². The van der Waals surface area contributed by atoms with Crippen LogP contribution < -0.4 is 10.7 Å². The molecule has 3 aromatic rings. The Balaban J connectivity index is 1.96. The molecule has 5 nitrogen and oxygen atoms in total. The summed E-state index contributed by atoms with van der Waals surface area (Å²) < 4.78 is 1.53. The van der Waals surface area contributed by atoms with E-state index in [0.717, 1.165) is 36.6 Å². The molecule has 0 aliphatic heterocycles. The predicted molar refractivity (Wildman–Crippen MR) is 102 cm³/mol. The zero-order valence-electron chi connectivity index (χ0n) is 14.2. The van der Waals surface area contributed by atoms with Crippen LogP contribution in [0.5, 0.6) is 0 Å². The summed E-state index contributed by atoms with van der Waals surface area (Å²) in [7, 11) is 0. The molecule has 134 valence electrons. The summed E-state index contributed by atoms with van der Waals surface area (Å²) >= 11 is 2.59. The lowest BCUT2D eigenvalue weighted by Gasteiger charge is -2.17. The molecule has 0 radical (unpaired) electrons. The van der Waals surface area contributed by atoms with Crippen LogP contribution in [0.4, 0.5) is 0 Å². The van der Waals surface area contributed by atoms with Crippen LogP contribution in [-0.2, 0) is 17.6 Å². The van der Waals surface area contributed by atoms with Gasteiger partial charge in [-0.2, -0.15) is 0 Å². The first-order valence-electron chi connectivity index (χ1n) is 8.50. The number of fused-ring (bicyclic) bond motifs is 3. The fourth-order valence-electron chi connectivity index (χ4n) is 3.40. The molecule has 1 aromatic carbocycles. The molecule has 0 fully saturated rings. The third-order valence-electron chi connectivity index (χ3n) is 4.63. The summed E-state index contributed by atoms with van der Waals surface area (Å²) in [6.07, 6.45) is 2.95. The van der Waals surface area contributed by atoms with Crippen LogP contribution >= 0.6 is 23.1 Å². The average Bonchev–Trinajstić information content (AvgIpc) is 2.98. The lowest BCUT2D eigenvalue weighted by atomic mass is 9.89. The van der Waals surface area contributed by atoms with Crippen LogP contribution in [0.2, 0.25) is 0 Å². The van der Waals surface area contributed by atoms with Crippen molar-refractivity contribution >= 4 is 39.3 Å². The van der Waals surface area contributed by atoms with Crippen LogP contribution in [0.25, 0.3) is 15.9 Å². The van der Waals surface area contributed by atoms with Gasteiger partial charge in [0.25, 0.3) is 5.56 Å². The second-order valence-corrected chi connectivity index (χ2v) is 8.59. The molecule has 7 heteroatoms. The number of carboxylic acid groups (broad SMARTS) is 1. The van der Waals surface area contributed by atoms with Gasteiger partial charge in [0.15, 0.2) is 5.16 Å². The number of carbonyl (C=O) groups excluding carboxylic acids is 1. The number of carbonyl (C=O) groups is 1. The second-order valence-electron chi connectivity index (χ2n) is 6.56. The number of aromatic nitrogens is 2. The van der Waals surface area contributed by atoms with Gasteiger partial charge in [-0.15, -0.1) is 11.3 Å². The van der Waals surface area contributed by atoms with E-state index in [2.05, 4.69) is 11.9 Å². The van der Waals surface area contributed by atoms with Gasteiger partial charge in [-0.05, 0) is 42.9 Å². The van der Waals surface area contributed by atoms with Crippen molar-refractivity contribution in [3.05, 3.63) is 51.1 Å². The van der Waals surface area contributed by atoms with Gasteiger partial charge in [0.05, 0.1) is 17.0 Å². The summed E-state index contributed by atoms with van der Waals surface area (Å²) in [5.74, 6) is -0.811. The largest absolute Gasteiger partial charge is 0.549 e. The highest BCUT2D eigenvalue weighted by atomic mass is 32.2. The summed E-state index contributed by atoms with van der Waals surface area (Å²) in [5.41, 5.74) is 1.70. The number of thiophene rings is 1. The summed E-state index contributed by atoms with van der Waals surface area (Å²) in [4.78, 5) is 30.9. The Hall–Kier alpha value is -2.12. The van der Waals surface area contributed by atoms with Gasteiger partial charge >= 0.3 is 0 Å². The van der Waals surface area contributed by atoms with E-state index in [1.165, 1.54) is 9.44 Å². The topological polar surface area (TPSA) is 75.0 Å². The van der Waals surface area contributed by atoms with E-state index in [4.69, 9.17) is 0 Å². The summed E-state index contributed by atoms with van der Waals surface area (Å²) in [5, 5.41) is 12.0. The first kappa shape index (κ1) is 17.3. The van der Waals surface area contributed by atoms with Crippen LogP contribution in [-0.4, -0.2) is 21.3 Å². The molecule has 1 aliphatic carbocycles. The molecule has 0 spiro atoms. The van der Waals surface area contributed by atoms with E-state index < -0.39 is 5.97 Å². The van der Waals surface area contributed by atoms with Crippen molar-refractivity contribution in [1.82, 2.24) is 9.55 Å². The first-order chi connectivity index (χ1) is 12.5. The fraction of sp³-hybridized carbons (Fsp3) is 0.316. The highest BCUT2D eigenvalue weighted by Crippen LogP contribution is 2.36. The Morgan fingerprint density at radius 3 is 2.88 bits per heavy atom. The molecule has 0 N–H and O–H groups in total. The fourth-order valence-corrected chi connectivity index (χ4v) is 5.55. The lowest BCUT2D eigenvalue weighted by Crippen LogP contribution is -2.26. The van der Waals surface area contributed by atoms with Crippen molar-refractivity contribution in [2.45, 2.75) is 31.3 Å². The van der Waals surface area contributed by atoms with Gasteiger partial charge in [0, 0.05) is 10.6 Å². The number of aryl methyl sites for hydroxylation is 1. The van der Waals surface area contributed by atoms with Crippen molar-refractivity contribution in [3.63, 3.8) is 0 Å². The first-order valence-corrected chi connectivity index (χ1v) is 10.3. The maximum atomic E-state index is 13.4. The molecule has 0 saturated heterocycles. The van der Waals surface area contributed by atoms with E-state index in [-0.39, 0.29) is 11.3 Å². The number of aliphatic carboxylic acids is 1. The third kappa shape index (κ3) is 3.05. The quantitative estimate of drug-likeness (QED) is 0.509. The van der Waals surface area contributed by atoms with Crippen molar-refractivity contribution in [2.24, 2.45) is 5.92 Å². The predicted octanol–water partition coefficient (Wildman–Crippen LogP) is 2.41. The van der Waals surface area contributed by atoms with Gasteiger partial charge < -0.3 is 9.90 Å². The minimum absolute atomic E-state index is 0.117. The van der Waals surface area contributed by atoms with E-state index in [1.54, 1.807) is 11.3 Å². The Morgan fingerprint density at radius 2 is 2.15 bits per heavy atom. The van der Waals surface area contributed by atoms with Crippen molar-refractivity contribution in [1.29, 1.82) is 0 Å². The SMILES string of the molecule is C[C@H]1CCc2c(sc3nc(SCC(=O)[O-])n(-c4ccccc4)c(=O)c23)C1. The second kappa shape index (κ2) is 6.89. The molecule has 1 aliphatic rings. The molecule has 1 atom stereocenters. The zero-order valence-corrected chi connectivity index (χ0v) is 15.9. The van der Waals surface area contributed by atoms with E-state index in [0.29, 0.717) is 27.0 Å². The Kier molecular flexibility index (Phi) is 4.58. The maximum absolute atomic E-state index is 13.4. The smallest absolute Gasteiger partial charge is 0.267 e. The maximum Gasteiger partial charge on any atom is 0.267 e. The lowest BCUT2D eigenvalue weighted by molar-refractivity contribution is -0.301. The minimum Gasteiger partial charge on any atom is -0.549 e. The molecule has 0 bridgehead atoms. The number of rotatable bonds is 4. The van der Waals surface area contributed by atoms with E-state index in [1.807, 2.05) is 30.3 Å². The zero-order chi connectivity index (χ0) is 18.3. The van der Waals surface area contributed by atoms with Crippen LogP contribution in [0, 0.1) is 5.92 Å². The molecular formula is C19H17N2O3S2-. The molecule has 0 unspecified atom stereocenters. The number of benzene rings is 1. The number of hydrogen-bond donors (Lipinski definition) is 0. The highest BCUT2D eigenvalue weighted by Gasteiger charge is 2.25. The normalized spacial score (nSPS) is 16.6. The van der Waals surface area contributed by atoms with Crippen LogP contribution in [0.3, 0.4) is 0 Å². The summed E-state index contributed by atoms with van der Waals surface area (Å²) in [6.45, 7) is 2.23. The van der Waals surface area contributed by atoms with Gasteiger partial charge in [-0.1, -0.05) is 36.9 Å². The Labute approximate surface area is 158 Å². The molecule has 0 saturated carbocycles. The Bertz CT molecular complexity index is 1040. The van der Waals surface area contributed by atoms with Crippen molar-refractivity contribution < 1.29 is 9.90 Å². The molecule has 2 heterocycles. The molecule has 26 heavy (non-hydrogen) atoms. The molecular weight excluding hydrogens is 368 g/mol. The van der Waals surface area contributed by atoms with Gasteiger partial charge in [-0.25, -0.2) is 4.98 Å². The monoisotopic (exact) mass is 385 g/mol. The van der Waals surface area contributed by atoms with Crippen LogP contribution in [0.15, 0.2) is 40.3 Å². The van der Waals surface area contributed by atoms with E-state index >= 15 is 0 Å². The minimum atomic E-state index is -1.18. The Morgan fingerprint density at radius 1 is 1.38 bits per heavy atom. The number of thioether (sulfide) groups is 1. The average molecular weight is 385 g/mol. The van der Waals surface area contributed by atoms with Gasteiger partial charge in [0.1, 0.15) is 4.83 Å². The third-order valence-corrected chi connectivity index (χ3v) is 6.69. The number of para-hydroxylation sites is 1. The van der Waals surface area contributed by atoms with E-state index in [9.17, 15) is 14.7 Å². The number of hydrogen-bond acceptors (Lipinski definition) is 6. The van der Waals surface area contributed by atoms with Gasteiger partial charge in [-0.3, -0.25) is 9.36 Å². The van der Waals surface area contributed by atoms with Crippen LogP contribution in [0.1, 0.15) is 23.8 Å². The summed E-state index contributed by atoms with van der Waals surface area (Å²) in [6, 6.07) is 9.24. The van der Waals surface area contributed by atoms with Crippen molar-refractivity contribution in [3.8, 4) is 5.69 Å². The van der Waals surface area contributed by atoms with Crippen molar-refractivity contribution in [2.75, 3.05) is 5.75 Å². The number of nitrogens with zero attached hydrogens (tertiary/aromatic N) is 2.